The number of halogens is 1. The summed E-state index contributed by atoms with van der Waals surface area (Å²) in [6.07, 6.45) is 0. The Kier molecular flexibility index (Phi) is 5.57. The van der Waals surface area contributed by atoms with E-state index in [9.17, 15) is 0 Å². The van der Waals surface area contributed by atoms with E-state index in [1.807, 2.05) is 24.3 Å². The minimum Gasteiger partial charge on any atom is -0.395 e. The third-order valence-corrected chi connectivity index (χ3v) is 4.01. The van der Waals surface area contributed by atoms with Gasteiger partial charge in [0.05, 0.1) is 6.61 Å². The zero-order valence-corrected chi connectivity index (χ0v) is 13.1. The number of hydrogen-bond acceptors (Lipinski definition) is 3. The van der Waals surface area contributed by atoms with Crippen molar-refractivity contribution in [3.8, 4) is 0 Å². The fourth-order valence-corrected chi connectivity index (χ4v) is 2.78. The fourth-order valence-electron chi connectivity index (χ4n) is 2.08. The molecule has 19 heavy (non-hydrogen) atoms. The zero-order valence-electron chi connectivity index (χ0n) is 10.7. The summed E-state index contributed by atoms with van der Waals surface area (Å²) in [5.41, 5.74) is 0.997. The predicted octanol–water partition coefficient (Wildman–Crippen LogP) is 1.76. The number of aliphatic hydroxyl groups is 1. The summed E-state index contributed by atoms with van der Waals surface area (Å²) in [4.78, 5) is 4.42. The molecule has 1 saturated heterocycles. The van der Waals surface area contributed by atoms with Crippen LogP contribution in [0, 0.1) is 0 Å². The summed E-state index contributed by atoms with van der Waals surface area (Å²) in [6, 6.07) is 7.98. The van der Waals surface area contributed by atoms with Gasteiger partial charge in [-0.25, -0.2) is 0 Å². The first kappa shape index (κ1) is 14.7. The molecule has 1 aliphatic heterocycles. The average Bonchev–Trinajstić information content (AvgIpc) is 2.40. The highest BCUT2D eigenvalue weighted by atomic mass is 79.9. The molecular formula is C13H18BrN3OS. The number of nitrogens with one attached hydrogen (secondary N) is 1. The zero-order chi connectivity index (χ0) is 13.7. The lowest BCUT2D eigenvalue weighted by atomic mass is 10.3. The molecule has 4 nitrogen and oxygen atoms in total. The molecule has 0 unspecified atom stereocenters. The van der Waals surface area contributed by atoms with Crippen molar-refractivity contribution >= 4 is 38.9 Å². The molecule has 0 aromatic heterocycles. The lowest BCUT2D eigenvalue weighted by Gasteiger charge is -2.35. The maximum atomic E-state index is 8.92. The van der Waals surface area contributed by atoms with Gasteiger partial charge in [0.25, 0.3) is 0 Å². The van der Waals surface area contributed by atoms with Gasteiger partial charge in [-0.2, -0.15) is 0 Å². The molecular weight excluding hydrogens is 326 g/mol. The van der Waals surface area contributed by atoms with E-state index >= 15 is 0 Å². The van der Waals surface area contributed by atoms with Crippen LogP contribution in [0.4, 0.5) is 5.69 Å². The van der Waals surface area contributed by atoms with Gasteiger partial charge in [0.15, 0.2) is 5.11 Å². The van der Waals surface area contributed by atoms with Crippen molar-refractivity contribution in [2.75, 3.05) is 44.6 Å². The van der Waals surface area contributed by atoms with Gasteiger partial charge in [0.2, 0.25) is 0 Å². The quantitative estimate of drug-likeness (QED) is 0.818. The molecule has 0 spiro atoms. The van der Waals surface area contributed by atoms with Crippen LogP contribution in [0.15, 0.2) is 28.7 Å². The second-order valence-electron chi connectivity index (χ2n) is 4.49. The van der Waals surface area contributed by atoms with E-state index < -0.39 is 0 Å². The molecule has 0 radical (unpaired) electrons. The highest BCUT2D eigenvalue weighted by Crippen LogP contribution is 2.16. The SMILES string of the molecule is OCCN1CCN(C(=S)Nc2cccc(Br)c2)CC1. The highest BCUT2D eigenvalue weighted by molar-refractivity contribution is 9.10. The normalized spacial score (nSPS) is 16.4. The molecule has 1 aromatic rings. The molecule has 0 atom stereocenters. The second kappa shape index (κ2) is 7.19. The van der Waals surface area contributed by atoms with Crippen molar-refractivity contribution in [2.45, 2.75) is 0 Å². The van der Waals surface area contributed by atoms with Crippen molar-refractivity contribution < 1.29 is 5.11 Å². The van der Waals surface area contributed by atoms with Crippen molar-refractivity contribution in [1.82, 2.24) is 9.80 Å². The number of benzene rings is 1. The standard InChI is InChI=1S/C13H18BrN3OS/c14-11-2-1-3-12(10-11)15-13(19)17-6-4-16(5-7-17)8-9-18/h1-3,10,18H,4-9H2,(H,15,19). The Morgan fingerprint density at radius 3 is 2.68 bits per heavy atom. The Morgan fingerprint density at radius 2 is 2.05 bits per heavy atom. The Morgan fingerprint density at radius 1 is 1.32 bits per heavy atom. The Hall–Kier alpha value is -0.690. The summed E-state index contributed by atoms with van der Waals surface area (Å²) in [5.74, 6) is 0. The Balaban J connectivity index is 1.84. The minimum atomic E-state index is 0.223. The van der Waals surface area contributed by atoms with Crippen LogP contribution >= 0.6 is 28.1 Å². The number of hydrogen-bond donors (Lipinski definition) is 2. The van der Waals surface area contributed by atoms with Gasteiger partial charge >= 0.3 is 0 Å². The van der Waals surface area contributed by atoms with Crippen molar-refractivity contribution in [1.29, 1.82) is 0 Å². The lowest BCUT2D eigenvalue weighted by Crippen LogP contribution is -2.50. The van der Waals surface area contributed by atoms with Crippen LogP contribution in [0.5, 0.6) is 0 Å². The van der Waals surface area contributed by atoms with Gasteiger partial charge in [0.1, 0.15) is 0 Å². The molecule has 104 valence electrons. The third-order valence-electron chi connectivity index (χ3n) is 3.15. The van der Waals surface area contributed by atoms with E-state index in [4.69, 9.17) is 17.3 Å². The van der Waals surface area contributed by atoms with Gasteiger partial charge in [-0.05, 0) is 30.4 Å². The first-order valence-corrected chi connectivity index (χ1v) is 7.54. The minimum absolute atomic E-state index is 0.223. The summed E-state index contributed by atoms with van der Waals surface area (Å²) in [6.45, 7) is 4.67. The van der Waals surface area contributed by atoms with E-state index in [1.165, 1.54) is 0 Å². The van der Waals surface area contributed by atoms with Crippen LogP contribution in [0.25, 0.3) is 0 Å². The van der Waals surface area contributed by atoms with E-state index in [0.717, 1.165) is 48.0 Å². The van der Waals surface area contributed by atoms with Crippen LogP contribution in [0.1, 0.15) is 0 Å². The van der Waals surface area contributed by atoms with Gasteiger partial charge in [-0.15, -0.1) is 0 Å². The molecule has 1 heterocycles. The van der Waals surface area contributed by atoms with E-state index in [-0.39, 0.29) is 6.61 Å². The monoisotopic (exact) mass is 343 g/mol. The molecule has 0 aliphatic carbocycles. The van der Waals surface area contributed by atoms with Crippen LogP contribution in [0.3, 0.4) is 0 Å². The highest BCUT2D eigenvalue weighted by Gasteiger charge is 2.18. The number of thiocarbonyl (C=S) groups is 1. The summed E-state index contributed by atoms with van der Waals surface area (Å²) >= 11 is 8.88. The molecule has 2 rings (SSSR count). The van der Waals surface area contributed by atoms with Crippen LogP contribution < -0.4 is 5.32 Å². The maximum absolute atomic E-state index is 8.92. The summed E-state index contributed by atoms with van der Waals surface area (Å²) < 4.78 is 1.04. The number of rotatable bonds is 3. The number of aliphatic hydroxyl groups excluding tert-OH is 1. The first-order chi connectivity index (χ1) is 9.19. The molecule has 6 heteroatoms. The van der Waals surface area contributed by atoms with Crippen molar-refractivity contribution in [2.24, 2.45) is 0 Å². The summed E-state index contributed by atoms with van der Waals surface area (Å²) in [5, 5.41) is 12.9. The third kappa shape index (κ3) is 4.42. The van der Waals surface area contributed by atoms with E-state index in [2.05, 4.69) is 31.0 Å². The number of piperazine rings is 1. The molecule has 0 amide bonds. The van der Waals surface area contributed by atoms with Crippen LogP contribution in [-0.2, 0) is 0 Å². The lowest BCUT2D eigenvalue weighted by molar-refractivity contribution is 0.148. The average molecular weight is 344 g/mol. The topological polar surface area (TPSA) is 38.7 Å². The van der Waals surface area contributed by atoms with E-state index in [0.29, 0.717) is 0 Å². The van der Waals surface area contributed by atoms with Gasteiger partial charge in [-0.1, -0.05) is 22.0 Å². The second-order valence-corrected chi connectivity index (χ2v) is 5.80. The smallest absolute Gasteiger partial charge is 0.173 e. The predicted molar refractivity (Wildman–Crippen MR) is 85.5 cm³/mol. The number of anilines is 1. The molecule has 2 N–H and O–H groups in total. The summed E-state index contributed by atoms with van der Waals surface area (Å²) in [7, 11) is 0. The Bertz CT molecular complexity index is 436. The number of nitrogens with zero attached hydrogens (tertiary/aromatic N) is 2. The fraction of sp³-hybridized carbons (Fsp3) is 0.462. The van der Waals surface area contributed by atoms with E-state index in [1.54, 1.807) is 0 Å². The molecule has 0 bridgehead atoms. The molecule has 1 aromatic carbocycles. The van der Waals surface area contributed by atoms with Crippen molar-refractivity contribution in [3.05, 3.63) is 28.7 Å². The van der Waals surface area contributed by atoms with Gasteiger partial charge in [-0.3, -0.25) is 4.90 Å². The van der Waals surface area contributed by atoms with Crippen LogP contribution in [-0.4, -0.2) is 59.3 Å². The van der Waals surface area contributed by atoms with Gasteiger partial charge in [0, 0.05) is 42.9 Å². The maximum Gasteiger partial charge on any atom is 0.173 e. The molecule has 0 saturated carbocycles. The van der Waals surface area contributed by atoms with Crippen LogP contribution in [0.2, 0.25) is 0 Å². The Labute approximate surface area is 127 Å². The van der Waals surface area contributed by atoms with Gasteiger partial charge < -0.3 is 15.3 Å². The first-order valence-electron chi connectivity index (χ1n) is 6.34. The largest absolute Gasteiger partial charge is 0.395 e. The molecule has 1 fully saturated rings. The number of β-amino-alcohol motifs (C(OH)–C–C–N with tert-alkyl or cyclic N) is 1. The molecule has 1 aliphatic rings. The van der Waals surface area contributed by atoms with Crippen molar-refractivity contribution in [3.63, 3.8) is 0 Å².